The Balaban J connectivity index is 2.22. The molecule has 0 aliphatic carbocycles. The Labute approximate surface area is 58.2 Å². The van der Waals surface area contributed by atoms with Crippen molar-refractivity contribution >= 4 is 5.91 Å². The Morgan fingerprint density at radius 1 is 1.80 bits per heavy atom. The second-order valence-electron chi connectivity index (χ2n) is 2.78. The summed E-state index contributed by atoms with van der Waals surface area (Å²) in [6.07, 6.45) is 0.819. The zero-order valence-corrected chi connectivity index (χ0v) is 5.46. The minimum Gasteiger partial charge on any atom is -0.363 e. The van der Waals surface area contributed by atoms with Crippen molar-refractivity contribution in [2.45, 2.75) is 24.7 Å². The molecule has 0 unspecified atom stereocenters. The summed E-state index contributed by atoms with van der Waals surface area (Å²) in [4.78, 5) is 10.7. The fourth-order valence-electron chi connectivity index (χ4n) is 1.51. The summed E-state index contributed by atoms with van der Waals surface area (Å²) in [7, 11) is 0. The summed E-state index contributed by atoms with van der Waals surface area (Å²) < 4.78 is 5.01. The van der Waals surface area contributed by atoms with E-state index in [2.05, 4.69) is 5.32 Å². The van der Waals surface area contributed by atoms with Crippen LogP contribution in [-0.2, 0) is 9.53 Å². The van der Waals surface area contributed by atoms with Gasteiger partial charge >= 0.3 is 0 Å². The first-order valence-electron chi connectivity index (χ1n) is 3.36. The van der Waals surface area contributed by atoms with E-state index in [1.165, 1.54) is 0 Å². The van der Waals surface area contributed by atoms with Crippen LogP contribution in [0.4, 0.5) is 0 Å². The lowest BCUT2D eigenvalue weighted by atomic mass is 10.1. The van der Waals surface area contributed by atoms with E-state index in [0.29, 0.717) is 6.61 Å². The van der Waals surface area contributed by atoms with Gasteiger partial charge in [0.2, 0.25) is 5.91 Å². The van der Waals surface area contributed by atoms with Gasteiger partial charge in [-0.15, -0.1) is 0 Å². The average molecular weight is 143 g/mol. The molecule has 0 bridgehead atoms. The predicted molar refractivity (Wildman–Crippen MR) is 32.1 cm³/mol. The van der Waals surface area contributed by atoms with Crippen LogP contribution in [-0.4, -0.2) is 29.4 Å². The van der Waals surface area contributed by atoms with E-state index >= 15 is 0 Å². The Morgan fingerprint density at radius 2 is 2.60 bits per heavy atom. The quantitative estimate of drug-likeness (QED) is 0.456. The first-order chi connectivity index (χ1) is 4.71. The Hall–Kier alpha value is -0.610. The molecule has 0 spiro atoms. The van der Waals surface area contributed by atoms with Gasteiger partial charge in [-0.2, -0.15) is 0 Å². The highest BCUT2D eigenvalue weighted by atomic mass is 16.6. The molecule has 0 saturated carbocycles. The third-order valence-corrected chi connectivity index (χ3v) is 2.05. The van der Waals surface area contributed by atoms with Gasteiger partial charge in [0, 0.05) is 0 Å². The molecular weight excluding hydrogens is 134 g/mol. The van der Waals surface area contributed by atoms with Crippen molar-refractivity contribution in [3.05, 3.63) is 0 Å². The number of rotatable bonds is 0. The van der Waals surface area contributed by atoms with Crippen molar-refractivity contribution in [2.75, 3.05) is 6.61 Å². The van der Waals surface area contributed by atoms with E-state index in [1.54, 1.807) is 0 Å². The van der Waals surface area contributed by atoms with Gasteiger partial charge in [0.25, 0.3) is 0 Å². The lowest BCUT2D eigenvalue weighted by Crippen LogP contribution is -2.38. The number of hydrogen-bond acceptors (Lipinski definition) is 3. The molecule has 4 nitrogen and oxygen atoms in total. The topological polar surface area (TPSA) is 58.6 Å². The van der Waals surface area contributed by atoms with Crippen LogP contribution < -0.4 is 5.32 Å². The highest BCUT2D eigenvalue weighted by molar-refractivity contribution is 5.80. The summed E-state index contributed by atoms with van der Waals surface area (Å²) in [5, 5.41) is 12.1. The summed E-state index contributed by atoms with van der Waals surface area (Å²) in [6, 6.07) is -0.167. The Bertz CT molecular complexity index is 182. The maximum atomic E-state index is 10.7. The highest BCUT2D eigenvalue weighted by Crippen LogP contribution is 2.31. The smallest absolute Gasteiger partial charge is 0.225 e. The maximum Gasteiger partial charge on any atom is 0.225 e. The van der Waals surface area contributed by atoms with Gasteiger partial charge in [-0.1, -0.05) is 0 Å². The monoisotopic (exact) mass is 143 g/mol. The number of fused-ring (bicyclic) bond motifs is 1. The molecule has 2 atom stereocenters. The second-order valence-corrected chi connectivity index (χ2v) is 2.78. The van der Waals surface area contributed by atoms with Crippen LogP contribution in [0.2, 0.25) is 0 Å². The second kappa shape index (κ2) is 1.71. The third-order valence-electron chi connectivity index (χ3n) is 2.05. The molecule has 2 heterocycles. The van der Waals surface area contributed by atoms with Gasteiger partial charge in [-0.05, 0) is 6.42 Å². The number of amides is 1. The fraction of sp³-hybridized carbons (Fsp3) is 0.833. The molecule has 2 rings (SSSR count). The third kappa shape index (κ3) is 0.660. The molecule has 2 fully saturated rings. The molecule has 0 aromatic rings. The Kier molecular flexibility index (Phi) is 1.04. The lowest BCUT2D eigenvalue weighted by molar-refractivity contribution is -0.171. The predicted octanol–water partition coefficient (Wildman–Crippen LogP) is -1.02. The van der Waals surface area contributed by atoms with Crippen LogP contribution in [0, 0.1) is 0 Å². The standard InChI is InChI=1S/C6H9NO3/c8-5-3-6(9)4(7-5)1-2-10-6/h4,9H,1-3H2,(H,7,8)/t4-,6-/m1/s1. The summed E-state index contributed by atoms with van der Waals surface area (Å²) in [6.45, 7) is 0.543. The minimum atomic E-state index is -1.18. The van der Waals surface area contributed by atoms with Crippen molar-refractivity contribution in [2.24, 2.45) is 0 Å². The SMILES string of the molecule is O=C1C[C@@]2(O)OCC[C@H]2N1. The lowest BCUT2D eigenvalue weighted by Gasteiger charge is -2.18. The minimum absolute atomic E-state index is 0.0949. The molecule has 0 aromatic carbocycles. The van der Waals surface area contributed by atoms with Gasteiger partial charge < -0.3 is 15.2 Å². The molecule has 10 heavy (non-hydrogen) atoms. The first kappa shape index (κ1) is 6.12. The average Bonchev–Trinajstić information content (AvgIpc) is 2.20. The zero-order valence-electron chi connectivity index (χ0n) is 5.46. The van der Waals surface area contributed by atoms with E-state index in [-0.39, 0.29) is 18.4 Å². The van der Waals surface area contributed by atoms with Crippen LogP contribution in [0.25, 0.3) is 0 Å². The van der Waals surface area contributed by atoms with Crippen molar-refractivity contribution in [3.63, 3.8) is 0 Å². The molecule has 1 amide bonds. The van der Waals surface area contributed by atoms with Crippen LogP contribution in [0.1, 0.15) is 12.8 Å². The zero-order chi connectivity index (χ0) is 7.19. The van der Waals surface area contributed by atoms with Crippen molar-refractivity contribution in [1.29, 1.82) is 0 Å². The highest BCUT2D eigenvalue weighted by Gasteiger charge is 2.50. The normalized spacial score (nSPS) is 45.3. The van der Waals surface area contributed by atoms with Crippen LogP contribution in [0.5, 0.6) is 0 Å². The molecular formula is C6H9NO3. The molecule has 56 valence electrons. The molecule has 2 N–H and O–H groups in total. The van der Waals surface area contributed by atoms with Crippen molar-refractivity contribution in [3.8, 4) is 0 Å². The van der Waals surface area contributed by atoms with Crippen LogP contribution >= 0.6 is 0 Å². The number of carbonyl (C=O) groups is 1. The van der Waals surface area contributed by atoms with Gasteiger partial charge in [-0.25, -0.2) is 0 Å². The summed E-state index contributed by atoms with van der Waals surface area (Å²) >= 11 is 0. The molecule has 0 aromatic heterocycles. The van der Waals surface area contributed by atoms with Crippen molar-refractivity contribution < 1.29 is 14.6 Å². The van der Waals surface area contributed by atoms with Gasteiger partial charge in [-0.3, -0.25) is 4.79 Å². The van der Waals surface area contributed by atoms with Crippen LogP contribution in [0.15, 0.2) is 0 Å². The maximum absolute atomic E-state index is 10.7. The molecule has 2 aliphatic rings. The number of carbonyl (C=O) groups excluding carboxylic acids is 1. The molecule has 2 saturated heterocycles. The number of aliphatic hydroxyl groups is 1. The molecule has 4 heteroatoms. The summed E-state index contributed by atoms with van der Waals surface area (Å²) in [5.41, 5.74) is 0. The summed E-state index contributed by atoms with van der Waals surface area (Å²) in [5.74, 6) is -1.30. The van der Waals surface area contributed by atoms with E-state index in [9.17, 15) is 9.90 Å². The first-order valence-corrected chi connectivity index (χ1v) is 3.36. The van der Waals surface area contributed by atoms with E-state index in [1.807, 2.05) is 0 Å². The number of hydrogen-bond donors (Lipinski definition) is 2. The molecule has 2 aliphatic heterocycles. The molecule has 0 radical (unpaired) electrons. The number of nitrogens with one attached hydrogen (secondary N) is 1. The van der Waals surface area contributed by atoms with Crippen LogP contribution in [0.3, 0.4) is 0 Å². The van der Waals surface area contributed by atoms with Gasteiger partial charge in [0.15, 0.2) is 5.79 Å². The van der Waals surface area contributed by atoms with E-state index < -0.39 is 5.79 Å². The Morgan fingerprint density at radius 3 is 3.30 bits per heavy atom. The van der Waals surface area contributed by atoms with E-state index in [4.69, 9.17) is 4.74 Å². The van der Waals surface area contributed by atoms with E-state index in [0.717, 1.165) is 6.42 Å². The fourth-order valence-corrected chi connectivity index (χ4v) is 1.51. The number of ether oxygens (including phenoxy) is 1. The largest absolute Gasteiger partial charge is 0.363 e. The van der Waals surface area contributed by atoms with Crippen molar-refractivity contribution in [1.82, 2.24) is 5.32 Å². The van der Waals surface area contributed by atoms with Gasteiger partial charge in [0.05, 0.1) is 19.1 Å². The van der Waals surface area contributed by atoms with Gasteiger partial charge in [0.1, 0.15) is 0 Å².